The Morgan fingerprint density at radius 1 is 0.682 bits per heavy atom. The van der Waals surface area contributed by atoms with Gasteiger partial charge in [-0.2, -0.15) is 0 Å². The predicted molar refractivity (Wildman–Crippen MR) is 86.5 cm³/mol. The molecule has 0 aromatic heterocycles. The van der Waals surface area contributed by atoms with Gasteiger partial charge in [-0.15, -0.1) is 10.2 Å². The van der Waals surface area contributed by atoms with E-state index in [0.717, 1.165) is 9.79 Å². The van der Waals surface area contributed by atoms with Crippen LogP contribution in [0.4, 0.5) is 0 Å². The molecule has 1 heterocycles. The minimum atomic E-state index is -0.823. The largest absolute Gasteiger partial charge is 0.337 e. The van der Waals surface area contributed by atoms with Crippen LogP contribution in [-0.2, 0) is 9.59 Å². The fourth-order valence-corrected chi connectivity index (χ4v) is 3.61. The summed E-state index contributed by atoms with van der Waals surface area (Å²) in [6, 6.07) is 19.0. The van der Waals surface area contributed by atoms with Gasteiger partial charge in [0.25, 0.3) is 5.78 Å². The molecule has 0 radical (unpaired) electrons. The zero-order valence-electron chi connectivity index (χ0n) is 11.3. The van der Waals surface area contributed by atoms with Gasteiger partial charge in [-0.1, -0.05) is 59.9 Å². The van der Waals surface area contributed by atoms with Gasteiger partial charge in [0.1, 0.15) is 9.93 Å². The topological polar surface area (TPSA) is 58.9 Å². The number of Topliss-reactive ketones (excluding diaryl/α,β-unsaturated/α-hetero) is 1. The van der Waals surface area contributed by atoms with Gasteiger partial charge in [0, 0.05) is 9.79 Å². The van der Waals surface area contributed by atoms with Crippen LogP contribution in [0.1, 0.15) is 0 Å². The quantitative estimate of drug-likeness (QED) is 0.786. The molecule has 1 aliphatic rings. The molecule has 0 atom stereocenters. The minimum absolute atomic E-state index is 0.319. The van der Waals surface area contributed by atoms with E-state index in [1.165, 1.54) is 23.5 Å². The number of ketones is 1. The molecule has 0 saturated carbocycles. The number of benzene rings is 2. The predicted octanol–water partition coefficient (Wildman–Crippen LogP) is 4.30. The highest BCUT2D eigenvalue weighted by molar-refractivity contribution is 8.07. The molecule has 0 bridgehead atoms. The third kappa shape index (κ3) is 3.35. The number of carbonyl (C=O) groups is 2. The van der Waals surface area contributed by atoms with Crippen molar-refractivity contribution in [1.29, 1.82) is 0 Å². The van der Waals surface area contributed by atoms with Gasteiger partial charge >= 0.3 is 5.91 Å². The summed E-state index contributed by atoms with van der Waals surface area (Å²) in [5.74, 6) is -1.43. The Hall–Kier alpha value is -2.18. The van der Waals surface area contributed by atoms with Gasteiger partial charge in [-0.25, -0.2) is 0 Å². The lowest BCUT2D eigenvalue weighted by molar-refractivity contribution is -0.133. The van der Waals surface area contributed by atoms with E-state index in [0.29, 0.717) is 9.93 Å². The first-order valence-corrected chi connectivity index (χ1v) is 8.08. The Labute approximate surface area is 135 Å². The van der Waals surface area contributed by atoms with Crippen molar-refractivity contribution in [1.82, 2.24) is 0 Å². The second-order valence-electron chi connectivity index (χ2n) is 4.30. The first kappa shape index (κ1) is 14.7. The number of azo groups is 1. The van der Waals surface area contributed by atoms with E-state index >= 15 is 0 Å². The lowest BCUT2D eigenvalue weighted by atomic mass is 10.3. The molecule has 0 spiro atoms. The number of carbonyl (C=O) groups excluding carboxylic acids is 2. The van der Waals surface area contributed by atoms with Crippen molar-refractivity contribution in [3.05, 3.63) is 70.6 Å². The van der Waals surface area contributed by atoms with Crippen LogP contribution in [0.15, 0.2) is 90.6 Å². The van der Waals surface area contributed by atoms with Crippen LogP contribution >= 0.6 is 23.5 Å². The molecule has 0 unspecified atom stereocenters. The summed E-state index contributed by atoms with van der Waals surface area (Å²) in [6.07, 6.45) is 0. The van der Waals surface area contributed by atoms with Crippen LogP contribution in [0.3, 0.4) is 0 Å². The first-order valence-electron chi connectivity index (χ1n) is 6.44. The zero-order valence-corrected chi connectivity index (χ0v) is 12.9. The van der Waals surface area contributed by atoms with Crippen molar-refractivity contribution < 1.29 is 9.59 Å². The molecule has 6 heteroatoms. The van der Waals surface area contributed by atoms with Crippen molar-refractivity contribution in [3.8, 4) is 0 Å². The van der Waals surface area contributed by atoms with Gasteiger partial charge in [0.2, 0.25) is 0 Å². The van der Waals surface area contributed by atoms with Crippen LogP contribution in [0, 0.1) is 0 Å². The van der Waals surface area contributed by atoms with Crippen molar-refractivity contribution in [3.63, 3.8) is 0 Å². The highest BCUT2D eigenvalue weighted by Crippen LogP contribution is 2.39. The molecule has 0 saturated heterocycles. The molecule has 22 heavy (non-hydrogen) atoms. The Morgan fingerprint density at radius 3 is 1.82 bits per heavy atom. The number of hydrogen-bond donors (Lipinski definition) is 0. The van der Waals surface area contributed by atoms with Crippen molar-refractivity contribution in [2.75, 3.05) is 0 Å². The monoisotopic (exact) mass is 326 g/mol. The second kappa shape index (κ2) is 6.72. The first-order chi connectivity index (χ1) is 10.7. The number of hydrogen-bond acceptors (Lipinski definition) is 5. The molecule has 2 aromatic rings. The molecule has 2 aromatic carbocycles. The van der Waals surface area contributed by atoms with E-state index in [-0.39, 0.29) is 0 Å². The van der Waals surface area contributed by atoms with Gasteiger partial charge in [0.05, 0.1) is 0 Å². The van der Waals surface area contributed by atoms with Crippen LogP contribution in [0.5, 0.6) is 0 Å². The molecule has 0 N–H and O–H groups in total. The third-order valence-corrected chi connectivity index (χ3v) is 4.95. The Balaban J connectivity index is 1.95. The number of nitrogens with zero attached hydrogens (tertiary/aromatic N) is 2. The Kier molecular flexibility index (Phi) is 4.50. The molecule has 4 nitrogen and oxygen atoms in total. The summed E-state index contributed by atoms with van der Waals surface area (Å²) in [4.78, 5) is 25.8. The van der Waals surface area contributed by atoms with E-state index < -0.39 is 11.7 Å². The van der Waals surface area contributed by atoms with E-state index in [1.807, 2.05) is 60.7 Å². The fraction of sp³-hybridized carbons (Fsp3) is 0. The summed E-state index contributed by atoms with van der Waals surface area (Å²) >= 11 is 2.56. The summed E-state index contributed by atoms with van der Waals surface area (Å²) < 4.78 is 0. The number of thioether (sulfide) groups is 2. The van der Waals surface area contributed by atoms with E-state index in [1.54, 1.807) is 0 Å². The zero-order chi connectivity index (χ0) is 15.4. The van der Waals surface area contributed by atoms with Crippen molar-refractivity contribution in [2.24, 2.45) is 10.2 Å². The molecule has 0 fully saturated rings. The van der Waals surface area contributed by atoms with Crippen molar-refractivity contribution >= 4 is 35.2 Å². The molecule has 0 aliphatic carbocycles. The number of rotatable bonds is 4. The lowest BCUT2D eigenvalue weighted by Crippen LogP contribution is -2.16. The normalized spacial score (nSPS) is 14.5. The van der Waals surface area contributed by atoms with Gasteiger partial charge in [-0.05, 0) is 24.3 Å². The molecule has 1 amide bonds. The van der Waals surface area contributed by atoms with Crippen LogP contribution < -0.4 is 0 Å². The standard InChI is InChI=1S/C16H10N2O2S2/c19-13-14(21-11-7-3-1-4-8-11)16(18-17-15(13)20)22-12-9-5-2-6-10-12/h1-10H. The van der Waals surface area contributed by atoms with Gasteiger partial charge < -0.3 is 0 Å². The van der Waals surface area contributed by atoms with Crippen LogP contribution in [-0.4, -0.2) is 11.7 Å². The van der Waals surface area contributed by atoms with Gasteiger partial charge in [-0.3, -0.25) is 9.59 Å². The number of amides is 1. The summed E-state index contributed by atoms with van der Waals surface area (Å²) in [5.41, 5.74) is 0. The van der Waals surface area contributed by atoms with Crippen LogP contribution in [0.2, 0.25) is 0 Å². The highest BCUT2D eigenvalue weighted by Gasteiger charge is 2.28. The second-order valence-corrected chi connectivity index (χ2v) is 6.44. The van der Waals surface area contributed by atoms with E-state index in [2.05, 4.69) is 10.2 Å². The molecule has 108 valence electrons. The maximum atomic E-state index is 12.1. The maximum absolute atomic E-state index is 12.1. The van der Waals surface area contributed by atoms with E-state index in [4.69, 9.17) is 0 Å². The van der Waals surface area contributed by atoms with Crippen molar-refractivity contribution in [2.45, 2.75) is 9.79 Å². The minimum Gasteiger partial charge on any atom is -0.282 e. The average molecular weight is 326 g/mol. The fourth-order valence-electron chi connectivity index (χ4n) is 1.74. The third-order valence-electron chi connectivity index (χ3n) is 2.75. The summed E-state index contributed by atoms with van der Waals surface area (Å²) in [7, 11) is 0. The van der Waals surface area contributed by atoms with Gasteiger partial charge in [0.15, 0.2) is 0 Å². The molecular formula is C16H10N2O2S2. The molecule has 1 aliphatic heterocycles. The Bertz CT molecular complexity index is 771. The maximum Gasteiger partial charge on any atom is 0.337 e. The average Bonchev–Trinajstić information content (AvgIpc) is 2.56. The Morgan fingerprint density at radius 2 is 1.23 bits per heavy atom. The van der Waals surface area contributed by atoms with E-state index in [9.17, 15) is 9.59 Å². The lowest BCUT2D eigenvalue weighted by Gasteiger charge is -2.11. The summed E-state index contributed by atoms with van der Waals surface area (Å²) in [5, 5.41) is 7.78. The highest BCUT2D eigenvalue weighted by atomic mass is 32.2. The SMILES string of the molecule is O=C1N=NC(Sc2ccccc2)=C(Sc2ccccc2)C1=O. The smallest absolute Gasteiger partial charge is 0.282 e. The van der Waals surface area contributed by atoms with Crippen LogP contribution in [0.25, 0.3) is 0 Å². The molecule has 3 rings (SSSR count). The summed E-state index contributed by atoms with van der Waals surface area (Å²) in [6.45, 7) is 0. The molecular weight excluding hydrogens is 316 g/mol.